The van der Waals surface area contributed by atoms with Gasteiger partial charge in [-0.15, -0.1) is 0 Å². The molecule has 1 heterocycles. The van der Waals surface area contributed by atoms with E-state index in [0.29, 0.717) is 29.7 Å². The Labute approximate surface area is 127 Å². The molecule has 22 heavy (non-hydrogen) atoms. The van der Waals surface area contributed by atoms with Crippen molar-refractivity contribution in [2.75, 3.05) is 12.4 Å². The number of Topliss-reactive ketones (excluding diaryl/α,β-unsaturated/α-hetero) is 1. The van der Waals surface area contributed by atoms with Crippen LogP contribution in [-0.4, -0.2) is 22.7 Å². The molecular weight excluding hydrogens is 282 g/mol. The Morgan fingerprint density at radius 1 is 1.36 bits per heavy atom. The molecule has 0 radical (unpaired) electrons. The number of nitrogens with one attached hydrogen (secondary N) is 1. The number of ketones is 1. The topological polar surface area (TPSA) is 85.1 Å². The molecule has 0 atom stereocenters. The normalized spacial score (nSPS) is 15.1. The Balaban J connectivity index is 2.02. The number of rotatable bonds is 5. The zero-order chi connectivity index (χ0) is 15.7. The lowest BCUT2D eigenvalue weighted by molar-refractivity contribution is -0.384. The minimum Gasteiger partial charge on any atom is -0.383 e. The van der Waals surface area contributed by atoms with E-state index in [-0.39, 0.29) is 11.5 Å². The summed E-state index contributed by atoms with van der Waals surface area (Å²) in [6.45, 7) is 0. The van der Waals surface area contributed by atoms with E-state index >= 15 is 0 Å². The molecule has 0 saturated heterocycles. The minimum absolute atomic E-state index is 0.00902. The van der Waals surface area contributed by atoms with Crippen molar-refractivity contribution in [3.05, 3.63) is 64.0 Å². The summed E-state index contributed by atoms with van der Waals surface area (Å²) in [6, 6.07) is 8.40. The van der Waals surface area contributed by atoms with Gasteiger partial charge in [-0.1, -0.05) is 6.07 Å². The summed E-state index contributed by atoms with van der Waals surface area (Å²) in [6.07, 6.45) is 4.56. The third-order valence-electron chi connectivity index (χ3n) is 4.12. The average molecular weight is 297 g/mol. The van der Waals surface area contributed by atoms with Gasteiger partial charge in [0.2, 0.25) is 0 Å². The zero-order valence-corrected chi connectivity index (χ0v) is 12.1. The number of hydrogen-bond acceptors (Lipinski definition) is 5. The van der Waals surface area contributed by atoms with Crippen LogP contribution in [0.3, 0.4) is 0 Å². The van der Waals surface area contributed by atoms with Gasteiger partial charge in [0.1, 0.15) is 5.69 Å². The van der Waals surface area contributed by atoms with Gasteiger partial charge in [-0.05, 0) is 36.6 Å². The van der Waals surface area contributed by atoms with Gasteiger partial charge in [0.25, 0.3) is 5.69 Å². The maximum absolute atomic E-state index is 12.7. The smallest absolute Gasteiger partial charge is 0.292 e. The maximum Gasteiger partial charge on any atom is 0.292 e. The molecule has 6 nitrogen and oxygen atoms in total. The zero-order valence-electron chi connectivity index (χ0n) is 12.1. The predicted molar refractivity (Wildman–Crippen MR) is 82.1 cm³/mol. The van der Waals surface area contributed by atoms with E-state index < -0.39 is 10.3 Å². The van der Waals surface area contributed by atoms with Gasteiger partial charge in [0.05, 0.1) is 10.3 Å². The van der Waals surface area contributed by atoms with E-state index in [1.807, 2.05) is 0 Å². The number of hydrogen-bond donors (Lipinski definition) is 1. The Morgan fingerprint density at radius 2 is 2.14 bits per heavy atom. The number of benzene rings is 1. The lowest BCUT2D eigenvalue weighted by Gasteiger charge is -2.15. The monoisotopic (exact) mass is 297 g/mol. The minimum atomic E-state index is -0.639. The number of carbonyl (C=O) groups excluding carboxylic acids is 1. The first kappa shape index (κ1) is 14.2. The summed E-state index contributed by atoms with van der Waals surface area (Å²) in [7, 11) is 1.63. The fourth-order valence-electron chi connectivity index (χ4n) is 2.74. The van der Waals surface area contributed by atoms with Crippen LogP contribution in [0.15, 0.2) is 42.7 Å². The van der Waals surface area contributed by atoms with Crippen LogP contribution in [0.4, 0.5) is 11.4 Å². The summed E-state index contributed by atoms with van der Waals surface area (Å²) in [5, 5.41) is 14.0. The lowest BCUT2D eigenvalue weighted by Crippen LogP contribution is -2.21. The highest BCUT2D eigenvalue weighted by molar-refractivity contribution is 6.06. The van der Waals surface area contributed by atoms with Gasteiger partial charge in [-0.25, -0.2) is 0 Å². The van der Waals surface area contributed by atoms with Crippen LogP contribution in [0.25, 0.3) is 0 Å². The second-order valence-electron chi connectivity index (χ2n) is 5.39. The van der Waals surface area contributed by atoms with E-state index in [0.717, 1.165) is 0 Å². The van der Waals surface area contributed by atoms with Crippen LogP contribution in [0.5, 0.6) is 0 Å². The third kappa shape index (κ3) is 2.22. The summed E-state index contributed by atoms with van der Waals surface area (Å²) < 4.78 is 0. The van der Waals surface area contributed by atoms with Crippen LogP contribution in [0, 0.1) is 10.1 Å². The maximum atomic E-state index is 12.7. The van der Waals surface area contributed by atoms with Crippen molar-refractivity contribution in [1.82, 2.24) is 4.98 Å². The van der Waals surface area contributed by atoms with Crippen LogP contribution in [0.2, 0.25) is 0 Å². The van der Waals surface area contributed by atoms with Gasteiger partial charge < -0.3 is 5.32 Å². The molecule has 0 unspecified atom stereocenters. The first-order valence-electron chi connectivity index (χ1n) is 7.00. The molecule has 1 aromatic carbocycles. The number of anilines is 1. The van der Waals surface area contributed by atoms with E-state index in [1.165, 1.54) is 6.07 Å². The molecule has 112 valence electrons. The molecule has 1 saturated carbocycles. The van der Waals surface area contributed by atoms with Gasteiger partial charge >= 0.3 is 0 Å². The highest BCUT2D eigenvalue weighted by Gasteiger charge is 2.51. The highest BCUT2D eigenvalue weighted by Crippen LogP contribution is 2.51. The standard InChI is InChI=1S/C16H15N3O3/c1-17-13-5-4-12(9-14(13)19(21)22)16(6-7-16)15(20)11-3-2-8-18-10-11/h2-5,8-10,17H,6-7H2,1H3. The number of aromatic nitrogens is 1. The van der Waals surface area contributed by atoms with Crippen molar-refractivity contribution in [2.24, 2.45) is 0 Å². The second-order valence-corrected chi connectivity index (χ2v) is 5.39. The van der Waals surface area contributed by atoms with E-state index in [9.17, 15) is 14.9 Å². The van der Waals surface area contributed by atoms with Crippen molar-refractivity contribution in [1.29, 1.82) is 0 Å². The van der Waals surface area contributed by atoms with Crippen LogP contribution >= 0.6 is 0 Å². The van der Waals surface area contributed by atoms with Crippen molar-refractivity contribution >= 4 is 17.2 Å². The predicted octanol–water partition coefficient (Wildman–Crippen LogP) is 2.95. The highest BCUT2D eigenvalue weighted by atomic mass is 16.6. The quantitative estimate of drug-likeness (QED) is 0.521. The summed E-state index contributed by atoms with van der Waals surface area (Å²) in [5.41, 5.74) is 1.04. The number of nitro benzene ring substituents is 1. The van der Waals surface area contributed by atoms with Gasteiger partial charge in [-0.2, -0.15) is 0 Å². The van der Waals surface area contributed by atoms with Crippen molar-refractivity contribution in [3.63, 3.8) is 0 Å². The Bertz CT molecular complexity index is 740. The van der Waals surface area contributed by atoms with Crippen LogP contribution in [-0.2, 0) is 5.41 Å². The molecule has 1 fully saturated rings. The van der Waals surface area contributed by atoms with E-state index in [1.54, 1.807) is 43.7 Å². The molecule has 0 aliphatic heterocycles. The van der Waals surface area contributed by atoms with Gasteiger partial charge in [-0.3, -0.25) is 19.9 Å². The van der Waals surface area contributed by atoms with Crippen LogP contribution in [0.1, 0.15) is 28.8 Å². The molecule has 1 N–H and O–H groups in total. The number of pyridine rings is 1. The van der Waals surface area contributed by atoms with Crippen LogP contribution < -0.4 is 5.32 Å². The summed E-state index contributed by atoms with van der Waals surface area (Å²) >= 11 is 0. The Kier molecular flexibility index (Phi) is 3.36. The van der Waals surface area contributed by atoms with E-state index in [2.05, 4.69) is 10.3 Å². The molecule has 1 aliphatic rings. The Morgan fingerprint density at radius 3 is 2.68 bits per heavy atom. The number of carbonyl (C=O) groups is 1. The first-order chi connectivity index (χ1) is 10.6. The molecule has 1 aliphatic carbocycles. The molecular formula is C16H15N3O3. The molecule has 2 aromatic rings. The summed E-state index contributed by atoms with van der Waals surface area (Å²) in [5.74, 6) is -0.0212. The van der Waals surface area contributed by atoms with Crippen molar-refractivity contribution in [2.45, 2.75) is 18.3 Å². The largest absolute Gasteiger partial charge is 0.383 e. The SMILES string of the molecule is CNc1ccc(C2(C(=O)c3cccnc3)CC2)cc1[N+](=O)[O-]. The molecule has 6 heteroatoms. The number of nitro groups is 1. The fourth-order valence-corrected chi connectivity index (χ4v) is 2.74. The van der Waals surface area contributed by atoms with E-state index in [4.69, 9.17) is 0 Å². The number of nitrogens with zero attached hydrogens (tertiary/aromatic N) is 2. The second kappa shape index (κ2) is 5.22. The van der Waals surface area contributed by atoms with Crippen molar-refractivity contribution in [3.8, 4) is 0 Å². The molecule has 0 amide bonds. The molecule has 0 spiro atoms. The third-order valence-corrected chi connectivity index (χ3v) is 4.12. The molecule has 3 rings (SSSR count). The molecule has 1 aromatic heterocycles. The Hall–Kier alpha value is -2.76. The van der Waals surface area contributed by atoms with Crippen molar-refractivity contribution < 1.29 is 9.72 Å². The first-order valence-corrected chi connectivity index (χ1v) is 7.00. The summed E-state index contributed by atoms with van der Waals surface area (Å²) in [4.78, 5) is 27.5. The molecule has 0 bridgehead atoms. The lowest BCUT2D eigenvalue weighted by atomic mass is 9.87. The average Bonchev–Trinajstić information content (AvgIpc) is 3.36. The van der Waals surface area contributed by atoms with Gasteiger partial charge in [0.15, 0.2) is 5.78 Å². The van der Waals surface area contributed by atoms with Gasteiger partial charge in [0, 0.05) is 31.1 Å². The fraction of sp³-hybridized carbons (Fsp3) is 0.250.